The number of ether oxygens (including phenoxy) is 4. The molecule has 0 spiro atoms. The molecule has 1 atom stereocenters. The summed E-state index contributed by atoms with van der Waals surface area (Å²) >= 11 is 3.57. The zero-order valence-electron chi connectivity index (χ0n) is 16.1. The van der Waals surface area contributed by atoms with Crippen LogP contribution in [-0.4, -0.2) is 44.2 Å². The van der Waals surface area contributed by atoms with E-state index in [0.29, 0.717) is 24.7 Å². The molecule has 1 unspecified atom stereocenters. The standard InChI is InChI=1S/C21H24BrNO5/c1-14-12-17(21(24)25-2)23-20(19(14)22)15-6-5-7-16(13-15)26-10-11-28-18-8-3-4-9-27-18/h5-7,12-13,18H,3-4,8-11H2,1-2H3. The predicted molar refractivity (Wildman–Crippen MR) is 108 cm³/mol. The van der Waals surface area contributed by atoms with Crippen LogP contribution in [-0.2, 0) is 14.2 Å². The fourth-order valence-corrected chi connectivity index (χ4v) is 3.40. The molecule has 6 nitrogen and oxygen atoms in total. The van der Waals surface area contributed by atoms with Gasteiger partial charge in [-0.15, -0.1) is 0 Å². The van der Waals surface area contributed by atoms with Crippen molar-refractivity contribution >= 4 is 21.9 Å². The number of hydrogen-bond donors (Lipinski definition) is 0. The van der Waals surface area contributed by atoms with Gasteiger partial charge in [0, 0.05) is 16.6 Å². The van der Waals surface area contributed by atoms with E-state index < -0.39 is 5.97 Å². The molecule has 28 heavy (non-hydrogen) atoms. The number of hydrogen-bond acceptors (Lipinski definition) is 6. The summed E-state index contributed by atoms with van der Waals surface area (Å²) in [7, 11) is 1.34. The Kier molecular flexibility index (Phi) is 7.42. The van der Waals surface area contributed by atoms with Gasteiger partial charge in [0.2, 0.25) is 0 Å². The molecule has 0 aliphatic carbocycles. The summed E-state index contributed by atoms with van der Waals surface area (Å²) in [6, 6.07) is 9.29. The minimum absolute atomic E-state index is 0.118. The van der Waals surface area contributed by atoms with Crippen LogP contribution in [0.1, 0.15) is 35.3 Å². The van der Waals surface area contributed by atoms with Crippen LogP contribution in [0.5, 0.6) is 5.75 Å². The minimum Gasteiger partial charge on any atom is -0.491 e. The van der Waals surface area contributed by atoms with Crippen molar-refractivity contribution in [1.29, 1.82) is 0 Å². The van der Waals surface area contributed by atoms with E-state index in [1.807, 2.05) is 31.2 Å². The third-order valence-electron chi connectivity index (χ3n) is 4.44. The van der Waals surface area contributed by atoms with Gasteiger partial charge in [0.25, 0.3) is 0 Å². The number of pyridine rings is 1. The van der Waals surface area contributed by atoms with Crippen LogP contribution in [0.15, 0.2) is 34.8 Å². The van der Waals surface area contributed by atoms with E-state index in [9.17, 15) is 4.79 Å². The van der Waals surface area contributed by atoms with Crippen LogP contribution in [0, 0.1) is 6.92 Å². The van der Waals surface area contributed by atoms with E-state index in [1.54, 1.807) is 6.07 Å². The van der Waals surface area contributed by atoms with E-state index in [2.05, 4.69) is 20.9 Å². The van der Waals surface area contributed by atoms with Crippen LogP contribution < -0.4 is 4.74 Å². The quantitative estimate of drug-likeness (QED) is 0.456. The fourth-order valence-electron chi connectivity index (χ4n) is 2.97. The Morgan fingerprint density at radius 3 is 2.89 bits per heavy atom. The average Bonchev–Trinajstić information content (AvgIpc) is 2.73. The van der Waals surface area contributed by atoms with Gasteiger partial charge in [0.15, 0.2) is 6.29 Å². The van der Waals surface area contributed by atoms with Crippen molar-refractivity contribution in [2.75, 3.05) is 26.9 Å². The lowest BCUT2D eigenvalue weighted by Crippen LogP contribution is -2.24. The maximum absolute atomic E-state index is 11.9. The smallest absolute Gasteiger partial charge is 0.356 e. The van der Waals surface area contributed by atoms with E-state index >= 15 is 0 Å². The molecule has 1 aliphatic heterocycles. The Bertz CT molecular complexity index is 820. The summed E-state index contributed by atoms with van der Waals surface area (Å²) < 4.78 is 22.7. The number of halogens is 1. The molecule has 1 aromatic heterocycles. The number of benzene rings is 1. The van der Waals surface area contributed by atoms with Gasteiger partial charge in [-0.1, -0.05) is 12.1 Å². The molecule has 0 N–H and O–H groups in total. The monoisotopic (exact) mass is 449 g/mol. The highest BCUT2D eigenvalue weighted by molar-refractivity contribution is 9.10. The summed E-state index contributed by atoms with van der Waals surface area (Å²) in [4.78, 5) is 16.3. The van der Waals surface area contributed by atoms with Crippen molar-refractivity contribution in [1.82, 2.24) is 4.98 Å². The topological polar surface area (TPSA) is 66.9 Å². The van der Waals surface area contributed by atoms with Crippen molar-refractivity contribution in [2.45, 2.75) is 32.5 Å². The number of esters is 1. The number of carbonyl (C=O) groups excluding carboxylic acids is 1. The fraction of sp³-hybridized carbons (Fsp3) is 0.429. The molecule has 1 fully saturated rings. The lowest BCUT2D eigenvalue weighted by Gasteiger charge is -2.22. The van der Waals surface area contributed by atoms with E-state index in [0.717, 1.165) is 41.5 Å². The Hall–Kier alpha value is -1.96. The number of carbonyl (C=O) groups is 1. The van der Waals surface area contributed by atoms with Gasteiger partial charge >= 0.3 is 5.97 Å². The van der Waals surface area contributed by atoms with Crippen molar-refractivity contribution in [3.8, 4) is 17.0 Å². The first kappa shape index (κ1) is 20.8. The molecule has 150 valence electrons. The molecule has 2 heterocycles. The number of methoxy groups -OCH3 is 1. The van der Waals surface area contributed by atoms with Gasteiger partial charge in [-0.3, -0.25) is 0 Å². The molecular weight excluding hydrogens is 426 g/mol. The predicted octanol–water partition coefficient (Wildman–Crippen LogP) is 4.53. The molecular formula is C21H24BrNO5. The number of aryl methyl sites for hydroxylation is 1. The number of rotatable bonds is 7. The molecule has 0 bridgehead atoms. The van der Waals surface area contributed by atoms with Gasteiger partial charge in [0.05, 0.1) is 19.4 Å². The van der Waals surface area contributed by atoms with Gasteiger partial charge in [-0.25, -0.2) is 9.78 Å². The lowest BCUT2D eigenvalue weighted by atomic mass is 10.1. The van der Waals surface area contributed by atoms with Crippen molar-refractivity contribution < 1.29 is 23.7 Å². The van der Waals surface area contributed by atoms with Crippen LogP contribution in [0.25, 0.3) is 11.3 Å². The second kappa shape index (κ2) is 10.0. The highest BCUT2D eigenvalue weighted by Gasteiger charge is 2.16. The molecule has 3 rings (SSSR count). The van der Waals surface area contributed by atoms with Crippen LogP contribution in [0.2, 0.25) is 0 Å². The Labute approximate surface area is 173 Å². The van der Waals surface area contributed by atoms with Crippen LogP contribution in [0.4, 0.5) is 0 Å². The molecule has 1 aromatic carbocycles. The van der Waals surface area contributed by atoms with Gasteiger partial charge < -0.3 is 18.9 Å². The molecule has 0 radical (unpaired) electrons. The molecule has 0 saturated carbocycles. The van der Waals surface area contributed by atoms with Crippen LogP contribution in [0.3, 0.4) is 0 Å². The first-order valence-electron chi connectivity index (χ1n) is 9.30. The Morgan fingerprint density at radius 1 is 1.29 bits per heavy atom. The normalized spacial score (nSPS) is 16.6. The molecule has 2 aromatic rings. The number of nitrogens with zero attached hydrogens (tertiary/aromatic N) is 1. The summed E-state index contributed by atoms with van der Waals surface area (Å²) in [5.74, 6) is 0.242. The average molecular weight is 450 g/mol. The highest BCUT2D eigenvalue weighted by atomic mass is 79.9. The third kappa shape index (κ3) is 5.31. The van der Waals surface area contributed by atoms with Gasteiger partial charge in [-0.2, -0.15) is 0 Å². The second-order valence-electron chi connectivity index (χ2n) is 6.52. The van der Waals surface area contributed by atoms with Crippen LogP contribution >= 0.6 is 15.9 Å². The largest absolute Gasteiger partial charge is 0.491 e. The first-order chi connectivity index (χ1) is 13.6. The van der Waals surface area contributed by atoms with Gasteiger partial charge in [0.1, 0.15) is 18.1 Å². The summed E-state index contributed by atoms with van der Waals surface area (Å²) in [6.45, 7) is 3.57. The zero-order valence-corrected chi connectivity index (χ0v) is 17.7. The highest BCUT2D eigenvalue weighted by Crippen LogP contribution is 2.31. The zero-order chi connectivity index (χ0) is 19.9. The summed E-state index contributed by atoms with van der Waals surface area (Å²) in [5, 5.41) is 0. The molecule has 0 amide bonds. The third-order valence-corrected chi connectivity index (χ3v) is 5.44. The Balaban J connectivity index is 1.67. The van der Waals surface area contributed by atoms with Crippen molar-refractivity contribution in [3.05, 3.63) is 46.1 Å². The molecule has 1 saturated heterocycles. The van der Waals surface area contributed by atoms with Gasteiger partial charge in [-0.05, 0) is 65.9 Å². The maximum atomic E-state index is 11.9. The van der Waals surface area contributed by atoms with E-state index in [1.165, 1.54) is 7.11 Å². The Morgan fingerprint density at radius 2 is 2.14 bits per heavy atom. The van der Waals surface area contributed by atoms with Crippen molar-refractivity contribution in [3.63, 3.8) is 0 Å². The molecule has 1 aliphatic rings. The summed E-state index contributed by atoms with van der Waals surface area (Å²) in [5.41, 5.74) is 2.68. The minimum atomic E-state index is -0.466. The molecule has 7 heteroatoms. The maximum Gasteiger partial charge on any atom is 0.356 e. The lowest BCUT2D eigenvalue weighted by molar-refractivity contribution is -0.165. The summed E-state index contributed by atoms with van der Waals surface area (Å²) in [6.07, 6.45) is 3.06. The number of aromatic nitrogens is 1. The van der Waals surface area contributed by atoms with E-state index in [4.69, 9.17) is 18.9 Å². The van der Waals surface area contributed by atoms with E-state index in [-0.39, 0.29) is 12.0 Å². The first-order valence-corrected chi connectivity index (χ1v) is 10.1. The SMILES string of the molecule is COC(=O)c1cc(C)c(Br)c(-c2cccc(OCCOC3CCCCO3)c2)n1. The second-order valence-corrected chi connectivity index (χ2v) is 7.31. The van der Waals surface area contributed by atoms with Crippen molar-refractivity contribution in [2.24, 2.45) is 0 Å².